The molecule has 0 aromatic heterocycles. The van der Waals surface area contributed by atoms with Crippen LogP contribution in [0.2, 0.25) is 0 Å². The molecule has 10 heteroatoms. The van der Waals surface area contributed by atoms with Gasteiger partial charge in [0.25, 0.3) is 0 Å². The van der Waals surface area contributed by atoms with Crippen LogP contribution in [0.25, 0.3) is 0 Å². The van der Waals surface area contributed by atoms with Crippen molar-refractivity contribution in [1.82, 2.24) is 9.80 Å². The zero-order valence-corrected chi connectivity index (χ0v) is 18.6. The Labute approximate surface area is 186 Å². The van der Waals surface area contributed by atoms with E-state index in [1.165, 1.54) is 28.4 Å². The van der Waals surface area contributed by atoms with E-state index in [4.69, 9.17) is 18.9 Å². The van der Waals surface area contributed by atoms with Gasteiger partial charge in [-0.15, -0.1) is 0 Å². The lowest BCUT2D eigenvalue weighted by Crippen LogP contribution is -2.59. The summed E-state index contributed by atoms with van der Waals surface area (Å²) in [5.74, 6) is -5.40. The second-order valence-electron chi connectivity index (χ2n) is 7.78. The van der Waals surface area contributed by atoms with Gasteiger partial charge in [0, 0.05) is 19.6 Å². The maximum Gasteiger partial charge on any atom is 0.327 e. The molecule has 0 bridgehead atoms. The van der Waals surface area contributed by atoms with Crippen LogP contribution in [-0.4, -0.2) is 86.9 Å². The zero-order chi connectivity index (χ0) is 23.5. The van der Waals surface area contributed by atoms with Gasteiger partial charge in [0.05, 0.1) is 41.0 Å². The number of carbonyl (C=O) groups excluding carboxylic acids is 4. The van der Waals surface area contributed by atoms with E-state index in [-0.39, 0.29) is 0 Å². The lowest BCUT2D eigenvalue weighted by atomic mass is 9.76. The zero-order valence-electron chi connectivity index (χ0n) is 18.6. The summed E-state index contributed by atoms with van der Waals surface area (Å²) in [6.45, 7) is 1.30. The molecule has 0 aliphatic carbocycles. The molecule has 2 heterocycles. The summed E-state index contributed by atoms with van der Waals surface area (Å²) in [5, 5.41) is 0. The van der Waals surface area contributed by atoms with Crippen LogP contribution < -0.4 is 0 Å². The average molecular weight is 448 g/mol. The van der Waals surface area contributed by atoms with Crippen molar-refractivity contribution in [3.8, 4) is 0 Å². The van der Waals surface area contributed by atoms with Crippen LogP contribution in [0.3, 0.4) is 0 Å². The van der Waals surface area contributed by atoms with Gasteiger partial charge < -0.3 is 18.9 Å². The highest BCUT2D eigenvalue weighted by Crippen LogP contribution is 2.50. The van der Waals surface area contributed by atoms with Crippen LogP contribution in [0.1, 0.15) is 12.0 Å². The molecular weight excluding hydrogens is 420 g/mol. The van der Waals surface area contributed by atoms with Crippen LogP contribution in [0.5, 0.6) is 0 Å². The second-order valence-corrected chi connectivity index (χ2v) is 7.78. The highest BCUT2D eigenvalue weighted by atomic mass is 16.5. The number of fused-ring (bicyclic) bond motifs is 1. The number of hydrogen-bond donors (Lipinski definition) is 0. The van der Waals surface area contributed by atoms with E-state index >= 15 is 0 Å². The number of hydrogen-bond acceptors (Lipinski definition) is 10. The Kier molecular flexibility index (Phi) is 7.15. The monoisotopic (exact) mass is 448 g/mol. The predicted molar refractivity (Wildman–Crippen MR) is 110 cm³/mol. The van der Waals surface area contributed by atoms with E-state index < -0.39 is 53.8 Å². The van der Waals surface area contributed by atoms with Gasteiger partial charge in [-0.1, -0.05) is 30.3 Å². The summed E-state index contributed by atoms with van der Waals surface area (Å²) in [4.78, 5) is 55.3. The molecule has 174 valence electrons. The first-order valence-corrected chi connectivity index (χ1v) is 10.2. The van der Waals surface area contributed by atoms with Crippen molar-refractivity contribution in [3.05, 3.63) is 35.9 Å². The molecule has 4 atom stereocenters. The van der Waals surface area contributed by atoms with Crippen molar-refractivity contribution < 1.29 is 38.1 Å². The normalized spacial score (nSPS) is 27.4. The third-order valence-corrected chi connectivity index (χ3v) is 6.37. The molecule has 2 saturated heterocycles. The highest BCUT2D eigenvalue weighted by molar-refractivity contribution is 5.96. The Bertz CT molecular complexity index is 876. The topological polar surface area (TPSA) is 112 Å². The first kappa shape index (κ1) is 23.7. The molecule has 0 unspecified atom stereocenters. The molecule has 0 amide bonds. The average Bonchev–Trinajstić information content (AvgIpc) is 3.35. The van der Waals surface area contributed by atoms with Gasteiger partial charge >= 0.3 is 23.9 Å². The molecule has 1 aromatic rings. The molecule has 0 N–H and O–H groups in total. The molecule has 10 nitrogen and oxygen atoms in total. The molecule has 2 fully saturated rings. The summed E-state index contributed by atoms with van der Waals surface area (Å²) < 4.78 is 19.9. The van der Waals surface area contributed by atoms with Crippen molar-refractivity contribution >= 4 is 23.9 Å². The molecule has 3 rings (SSSR count). The smallest absolute Gasteiger partial charge is 0.327 e. The Morgan fingerprint density at radius 3 is 2.12 bits per heavy atom. The number of rotatable bonds is 7. The Balaban J connectivity index is 2.15. The van der Waals surface area contributed by atoms with Crippen molar-refractivity contribution in [2.75, 3.05) is 41.5 Å². The molecule has 32 heavy (non-hydrogen) atoms. The van der Waals surface area contributed by atoms with Crippen molar-refractivity contribution in [2.45, 2.75) is 24.7 Å². The predicted octanol–water partition coefficient (Wildman–Crippen LogP) is 0.197. The van der Waals surface area contributed by atoms with E-state index in [9.17, 15) is 19.2 Å². The van der Waals surface area contributed by atoms with Crippen LogP contribution in [0, 0.1) is 11.8 Å². The molecule has 0 saturated carbocycles. The summed E-state index contributed by atoms with van der Waals surface area (Å²) >= 11 is 0. The summed E-state index contributed by atoms with van der Waals surface area (Å²) in [7, 11) is 4.75. The lowest BCUT2D eigenvalue weighted by molar-refractivity contribution is -0.171. The fourth-order valence-electron chi connectivity index (χ4n) is 5.05. The Morgan fingerprint density at radius 1 is 0.906 bits per heavy atom. The van der Waals surface area contributed by atoms with Crippen molar-refractivity contribution in [2.24, 2.45) is 11.8 Å². The van der Waals surface area contributed by atoms with E-state index in [0.29, 0.717) is 19.6 Å². The minimum absolute atomic E-state index is 0.324. The van der Waals surface area contributed by atoms with Crippen molar-refractivity contribution in [1.29, 1.82) is 0 Å². The van der Waals surface area contributed by atoms with Gasteiger partial charge in [0.15, 0.2) is 0 Å². The largest absolute Gasteiger partial charge is 0.469 e. The molecule has 0 spiro atoms. The number of methoxy groups -OCH3 is 4. The van der Waals surface area contributed by atoms with Gasteiger partial charge in [-0.2, -0.15) is 0 Å². The summed E-state index contributed by atoms with van der Waals surface area (Å²) in [6.07, 6.45) is -1.16. The van der Waals surface area contributed by atoms with Gasteiger partial charge in [-0.3, -0.25) is 29.0 Å². The molecule has 2 aliphatic rings. The molecule has 1 aromatic carbocycles. The maximum absolute atomic E-state index is 13.2. The fraction of sp³-hybridized carbons (Fsp3) is 0.545. The van der Waals surface area contributed by atoms with Crippen LogP contribution in [0.4, 0.5) is 0 Å². The fourth-order valence-corrected chi connectivity index (χ4v) is 5.05. The Hall–Kier alpha value is -2.98. The van der Waals surface area contributed by atoms with Crippen LogP contribution >= 0.6 is 0 Å². The van der Waals surface area contributed by atoms with Crippen molar-refractivity contribution in [3.63, 3.8) is 0 Å². The molecule has 0 radical (unpaired) electrons. The third kappa shape index (κ3) is 3.84. The minimum atomic E-state index is -1.77. The first-order valence-electron chi connectivity index (χ1n) is 10.2. The molecule has 2 aliphatic heterocycles. The van der Waals surface area contributed by atoms with E-state index in [1.807, 2.05) is 35.2 Å². The lowest BCUT2D eigenvalue weighted by Gasteiger charge is -2.37. The van der Waals surface area contributed by atoms with Gasteiger partial charge in [0.1, 0.15) is 17.4 Å². The minimum Gasteiger partial charge on any atom is -0.469 e. The number of nitrogens with zero attached hydrogens (tertiary/aromatic N) is 2. The van der Waals surface area contributed by atoms with Gasteiger partial charge in [0.2, 0.25) is 0 Å². The van der Waals surface area contributed by atoms with Crippen LogP contribution in [0.15, 0.2) is 30.3 Å². The van der Waals surface area contributed by atoms with E-state index in [0.717, 1.165) is 5.56 Å². The number of carbonyl (C=O) groups is 4. The quantitative estimate of drug-likeness (QED) is 0.423. The summed E-state index contributed by atoms with van der Waals surface area (Å²) in [5.41, 5.74) is -0.778. The second kappa shape index (κ2) is 9.66. The standard InChI is InChI=1S/C22H28N2O8/c1-29-15(25)12-22(21(28)32-4)17(20(27)31-3)16(19(26)30-2)18-23(10-11-24(18)22)13-14-8-6-5-7-9-14/h5-9,16-18H,10-13H2,1-4H3/t16-,17+,18+,22+/m1/s1. The maximum atomic E-state index is 13.2. The third-order valence-electron chi connectivity index (χ3n) is 6.37. The molecular formula is C22H28N2O8. The number of esters is 4. The Morgan fingerprint density at radius 2 is 1.56 bits per heavy atom. The number of ether oxygens (including phenoxy) is 4. The summed E-state index contributed by atoms with van der Waals surface area (Å²) in [6, 6.07) is 9.61. The number of benzene rings is 1. The highest BCUT2D eigenvalue weighted by Gasteiger charge is 2.71. The van der Waals surface area contributed by atoms with E-state index in [1.54, 1.807) is 4.90 Å². The first-order chi connectivity index (χ1) is 15.3. The van der Waals surface area contributed by atoms with Crippen LogP contribution in [-0.2, 0) is 44.7 Å². The van der Waals surface area contributed by atoms with E-state index in [2.05, 4.69) is 0 Å². The SMILES string of the molecule is COC(=O)C[C@@]1(C(=O)OC)[C@H](C(=O)OC)[C@@H](C(=O)OC)[C@H]2N(Cc3ccccc3)CCN21. The van der Waals surface area contributed by atoms with Gasteiger partial charge in [-0.25, -0.2) is 0 Å². The van der Waals surface area contributed by atoms with Gasteiger partial charge in [-0.05, 0) is 5.56 Å².